The summed E-state index contributed by atoms with van der Waals surface area (Å²) in [6, 6.07) is 3.20. The first kappa shape index (κ1) is 21.3. The fourth-order valence-electron chi connectivity index (χ4n) is 3.88. The number of hydrogen-bond donors (Lipinski definition) is 1. The van der Waals surface area contributed by atoms with Crippen molar-refractivity contribution in [1.82, 2.24) is 9.78 Å². The number of halogens is 7. The van der Waals surface area contributed by atoms with Crippen LogP contribution in [0.3, 0.4) is 0 Å². The molecule has 2 atom stereocenters. The highest BCUT2D eigenvalue weighted by Gasteiger charge is 2.46. The van der Waals surface area contributed by atoms with E-state index in [1.807, 2.05) is 0 Å². The fourth-order valence-corrected chi connectivity index (χ4v) is 3.88. The molecule has 1 aromatic carbocycles. The molecule has 4 rings (SSSR count). The SMILES string of the molecule is Cn1nc(C(F)(F)F)cc1C1=C(C(=O)Nc2cccc(C(F)(F)F)c2F)C2CC[C@@H]1O2. The Morgan fingerprint density at radius 1 is 1.13 bits per heavy atom. The summed E-state index contributed by atoms with van der Waals surface area (Å²) in [5.41, 5.74) is -3.31. The summed E-state index contributed by atoms with van der Waals surface area (Å²) < 4.78 is 98.8. The van der Waals surface area contributed by atoms with E-state index in [9.17, 15) is 35.5 Å². The molecule has 166 valence electrons. The molecule has 0 saturated carbocycles. The Balaban J connectivity index is 1.74. The number of carbonyl (C=O) groups excluding carboxylic acids is 1. The van der Waals surface area contributed by atoms with Crippen molar-refractivity contribution in [1.29, 1.82) is 0 Å². The summed E-state index contributed by atoms with van der Waals surface area (Å²) in [5, 5.41) is 5.53. The van der Waals surface area contributed by atoms with Gasteiger partial charge in [-0.05, 0) is 31.0 Å². The molecule has 3 heterocycles. The maximum Gasteiger partial charge on any atom is 0.435 e. The number of rotatable bonds is 3. The lowest BCUT2D eigenvalue weighted by molar-refractivity contribution is -0.141. The lowest BCUT2D eigenvalue weighted by Crippen LogP contribution is -2.24. The van der Waals surface area contributed by atoms with Crippen LogP contribution in [0.2, 0.25) is 0 Å². The number of alkyl halides is 6. The third kappa shape index (κ3) is 3.68. The molecule has 2 aromatic rings. The number of amides is 1. The van der Waals surface area contributed by atoms with Gasteiger partial charge in [0.25, 0.3) is 5.91 Å². The number of fused-ring (bicyclic) bond motifs is 2. The minimum absolute atomic E-state index is 0.00538. The highest BCUT2D eigenvalue weighted by Crippen LogP contribution is 2.45. The molecule has 0 spiro atoms. The molecule has 12 heteroatoms. The molecule has 0 radical (unpaired) electrons. The van der Waals surface area contributed by atoms with E-state index in [4.69, 9.17) is 4.74 Å². The average Bonchev–Trinajstić information content (AvgIpc) is 3.35. The van der Waals surface area contributed by atoms with E-state index in [1.165, 1.54) is 7.05 Å². The Kier molecular flexibility index (Phi) is 4.87. The zero-order valence-electron chi connectivity index (χ0n) is 15.7. The monoisotopic (exact) mass is 449 g/mol. The van der Waals surface area contributed by atoms with Crippen LogP contribution in [0, 0.1) is 5.82 Å². The highest BCUT2D eigenvalue weighted by molar-refractivity contribution is 6.11. The first-order valence-electron chi connectivity index (χ1n) is 9.06. The molecule has 1 aromatic heterocycles. The highest BCUT2D eigenvalue weighted by atomic mass is 19.4. The third-order valence-electron chi connectivity index (χ3n) is 5.20. The second kappa shape index (κ2) is 7.08. The first-order chi connectivity index (χ1) is 14.4. The number of hydrogen-bond acceptors (Lipinski definition) is 3. The van der Waals surface area contributed by atoms with Gasteiger partial charge < -0.3 is 10.1 Å². The van der Waals surface area contributed by atoms with Crippen molar-refractivity contribution in [2.24, 2.45) is 7.05 Å². The van der Waals surface area contributed by atoms with Gasteiger partial charge in [-0.25, -0.2) is 4.39 Å². The average molecular weight is 449 g/mol. The summed E-state index contributed by atoms with van der Waals surface area (Å²) >= 11 is 0. The predicted octanol–water partition coefficient (Wildman–Crippen LogP) is 4.55. The molecular weight excluding hydrogens is 435 g/mol. The summed E-state index contributed by atoms with van der Waals surface area (Å²) in [4.78, 5) is 12.9. The van der Waals surface area contributed by atoms with Gasteiger partial charge in [-0.3, -0.25) is 9.48 Å². The zero-order valence-corrected chi connectivity index (χ0v) is 15.7. The van der Waals surface area contributed by atoms with Crippen molar-refractivity contribution in [2.75, 3.05) is 5.32 Å². The minimum atomic E-state index is -4.96. The number of benzene rings is 1. The van der Waals surface area contributed by atoms with Crippen LogP contribution in [-0.4, -0.2) is 27.9 Å². The summed E-state index contributed by atoms with van der Waals surface area (Å²) in [6.07, 6.45) is -10.3. The topological polar surface area (TPSA) is 56.2 Å². The molecule has 2 aliphatic heterocycles. The molecule has 1 saturated heterocycles. The lowest BCUT2D eigenvalue weighted by Gasteiger charge is -2.18. The minimum Gasteiger partial charge on any atom is -0.365 e. The van der Waals surface area contributed by atoms with Crippen LogP contribution in [0.4, 0.5) is 36.4 Å². The first-order valence-corrected chi connectivity index (χ1v) is 9.06. The van der Waals surface area contributed by atoms with Gasteiger partial charge in [0.15, 0.2) is 11.5 Å². The Labute approximate surface area is 170 Å². The smallest absolute Gasteiger partial charge is 0.365 e. The summed E-state index contributed by atoms with van der Waals surface area (Å²) in [7, 11) is 1.27. The van der Waals surface area contributed by atoms with Crippen molar-refractivity contribution >= 4 is 17.2 Å². The lowest BCUT2D eigenvalue weighted by atomic mass is 9.89. The number of carbonyl (C=O) groups is 1. The van der Waals surface area contributed by atoms with Crippen molar-refractivity contribution in [3.8, 4) is 0 Å². The van der Waals surface area contributed by atoms with E-state index in [2.05, 4.69) is 10.4 Å². The molecule has 1 N–H and O–H groups in total. The van der Waals surface area contributed by atoms with Gasteiger partial charge in [-0.15, -0.1) is 0 Å². The number of aromatic nitrogens is 2. The van der Waals surface area contributed by atoms with Crippen LogP contribution in [0.15, 0.2) is 29.8 Å². The van der Waals surface area contributed by atoms with E-state index in [0.717, 1.165) is 22.9 Å². The van der Waals surface area contributed by atoms with E-state index in [-0.39, 0.29) is 16.8 Å². The normalized spacial score (nSPS) is 21.2. The molecular formula is C19H14F7N3O2. The van der Waals surface area contributed by atoms with Crippen LogP contribution in [0.25, 0.3) is 5.57 Å². The van der Waals surface area contributed by atoms with Gasteiger partial charge in [0.2, 0.25) is 0 Å². The molecule has 2 aliphatic rings. The van der Waals surface area contributed by atoms with Crippen molar-refractivity contribution in [3.63, 3.8) is 0 Å². The quantitative estimate of drug-likeness (QED) is 0.700. The second-order valence-electron chi connectivity index (χ2n) is 7.17. The summed E-state index contributed by atoms with van der Waals surface area (Å²) in [6.45, 7) is 0. The molecule has 1 fully saturated rings. The maximum absolute atomic E-state index is 14.3. The molecule has 1 amide bonds. The van der Waals surface area contributed by atoms with Crippen molar-refractivity contribution in [2.45, 2.75) is 37.4 Å². The van der Waals surface area contributed by atoms with Gasteiger partial charge >= 0.3 is 12.4 Å². The van der Waals surface area contributed by atoms with Crippen LogP contribution in [-0.2, 0) is 28.9 Å². The van der Waals surface area contributed by atoms with Crippen molar-refractivity contribution < 1.29 is 40.3 Å². The number of aryl methyl sites for hydroxylation is 1. The Morgan fingerprint density at radius 2 is 1.81 bits per heavy atom. The van der Waals surface area contributed by atoms with E-state index < -0.39 is 53.2 Å². The summed E-state index contributed by atoms with van der Waals surface area (Å²) in [5.74, 6) is -2.61. The molecule has 2 bridgehead atoms. The van der Waals surface area contributed by atoms with E-state index in [0.29, 0.717) is 18.9 Å². The standard InChI is InChI=1S/C19H14F7N3O2/c1-29-10(7-13(28-29)19(24,25)26)14-11-5-6-12(31-11)15(14)17(30)27-9-4-2-3-8(16(9)20)18(21,22)23/h2-4,7,11-12H,5-6H2,1H3,(H,27,30)/t11-,12?/m0/s1. The van der Waals surface area contributed by atoms with Gasteiger partial charge in [-0.2, -0.15) is 31.4 Å². The van der Waals surface area contributed by atoms with E-state index in [1.54, 1.807) is 0 Å². The number of anilines is 1. The third-order valence-corrected chi connectivity index (χ3v) is 5.20. The number of ether oxygens (including phenoxy) is 1. The van der Waals surface area contributed by atoms with Crippen LogP contribution < -0.4 is 5.32 Å². The van der Waals surface area contributed by atoms with Crippen LogP contribution in [0.1, 0.15) is 29.8 Å². The molecule has 31 heavy (non-hydrogen) atoms. The van der Waals surface area contributed by atoms with Gasteiger partial charge in [-0.1, -0.05) is 6.07 Å². The van der Waals surface area contributed by atoms with Crippen LogP contribution in [0.5, 0.6) is 0 Å². The van der Waals surface area contributed by atoms with Gasteiger partial charge in [0, 0.05) is 12.6 Å². The van der Waals surface area contributed by atoms with Crippen molar-refractivity contribution in [3.05, 3.63) is 52.6 Å². The van der Waals surface area contributed by atoms with Gasteiger partial charge in [0.05, 0.1) is 34.7 Å². The van der Waals surface area contributed by atoms with E-state index >= 15 is 0 Å². The number of nitrogens with zero attached hydrogens (tertiary/aromatic N) is 2. The zero-order chi connectivity index (χ0) is 22.7. The second-order valence-corrected chi connectivity index (χ2v) is 7.17. The number of nitrogens with one attached hydrogen (secondary N) is 1. The molecule has 5 nitrogen and oxygen atoms in total. The Hall–Kier alpha value is -2.89. The van der Waals surface area contributed by atoms with Gasteiger partial charge in [0.1, 0.15) is 0 Å². The Bertz CT molecular complexity index is 1090. The molecule has 1 unspecified atom stereocenters. The maximum atomic E-state index is 14.3. The van der Waals surface area contributed by atoms with Crippen LogP contribution >= 0.6 is 0 Å². The largest absolute Gasteiger partial charge is 0.435 e. The predicted molar refractivity (Wildman–Crippen MR) is 93.1 cm³/mol. The Morgan fingerprint density at radius 3 is 2.42 bits per heavy atom. The fraction of sp³-hybridized carbons (Fsp3) is 0.368. The molecule has 0 aliphatic carbocycles.